The summed E-state index contributed by atoms with van der Waals surface area (Å²) >= 11 is 5.99. The number of nitrogens with zero attached hydrogens (tertiary/aromatic N) is 1. The van der Waals surface area contributed by atoms with Crippen LogP contribution in [-0.4, -0.2) is 18.0 Å². The molecule has 0 amide bonds. The van der Waals surface area contributed by atoms with Crippen molar-refractivity contribution in [1.82, 2.24) is 4.90 Å². The normalized spacial score (nSPS) is 9.30. The van der Waals surface area contributed by atoms with Crippen LogP contribution in [0.25, 0.3) is 0 Å². The molecule has 0 aliphatic heterocycles. The van der Waals surface area contributed by atoms with E-state index in [0.29, 0.717) is 0 Å². The molecule has 0 aliphatic carbocycles. The van der Waals surface area contributed by atoms with E-state index >= 15 is 0 Å². The maximum absolute atomic E-state index is 5.99. The minimum Gasteiger partial charge on any atom is -0.363 e. The number of rotatable bonds is 3. The minimum atomic E-state index is 0.894. The number of hydrogen-bond donors (Lipinski definition) is 0. The predicted octanol–water partition coefficient (Wildman–Crippen LogP) is 2.82. The third-order valence-corrected chi connectivity index (χ3v) is 2.07. The summed E-state index contributed by atoms with van der Waals surface area (Å²) < 4.78 is 0. The van der Waals surface area contributed by atoms with E-state index in [1.54, 1.807) is 0 Å². The summed E-state index contributed by atoms with van der Waals surface area (Å²) in [6.45, 7) is 10.2. The second-order valence-corrected chi connectivity index (χ2v) is 2.82. The summed E-state index contributed by atoms with van der Waals surface area (Å²) in [6.07, 6.45) is 0. The molecule has 0 heterocycles. The highest BCUT2D eigenvalue weighted by atomic mass is 35.5. The molecular formula is C8H16ClN. The van der Waals surface area contributed by atoms with Gasteiger partial charge in [0.05, 0.1) is 0 Å². The van der Waals surface area contributed by atoms with Gasteiger partial charge < -0.3 is 4.90 Å². The molecule has 60 valence electrons. The lowest BCUT2D eigenvalue weighted by Crippen LogP contribution is -2.19. The highest BCUT2D eigenvalue weighted by Crippen LogP contribution is 2.13. The van der Waals surface area contributed by atoms with Crippen molar-refractivity contribution in [2.45, 2.75) is 27.7 Å². The molecule has 0 unspecified atom stereocenters. The van der Waals surface area contributed by atoms with Gasteiger partial charge in [0, 0.05) is 13.1 Å². The van der Waals surface area contributed by atoms with E-state index in [4.69, 9.17) is 11.6 Å². The van der Waals surface area contributed by atoms with Crippen molar-refractivity contribution in [3.05, 3.63) is 10.7 Å². The van der Waals surface area contributed by atoms with Crippen molar-refractivity contribution in [2.24, 2.45) is 0 Å². The molecule has 0 fully saturated rings. The first-order chi connectivity index (χ1) is 4.63. The lowest BCUT2D eigenvalue weighted by atomic mass is 10.3. The van der Waals surface area contributed by atoms with E-state index in [2.05, 4.69) is 18.7 Å². The molecule has 0 aromatic heterocycles. The molecule has 0 N–H and O–H groups in total. The zero-order chi connectivity index (χ0) is 8.15. The van der Waals surface area contributed by atoms with Crippen LogP contribution >= 0.6 is 11.6 Å². The van der Waals surface area contributed by atoms with Crippen molar-refractivity contribution in [2.75, 3.05) is 13.1 Å². The second kappa shape index (κ2) is 4.62. The summed E-state index contributed by atoms with van der Waals surface area (Å²) in [5.74, 6) is 0. The van der Waals surface area contributed by atoms with Crippen LogP contribution in [0.1, 0.15) is 27.7 Å². The second-order valence-electron chi connectivity index (χ2n) is 2.46. The molecule has 1 nitrogen and oxygen atoms in total. The Labute approximate surface area is 68.7 Å². The number of hydrogen-bond acceptors (Lipinski definition) is 1. The molecule has 0 aromatic rings. The monoisotopic (exact) mass is 161 g/mol. The average molecular weight is 162 g/mol. The Balaban J connectivity index is 4.15. The summed E-state index contributed by atoms with van der Waals surface area (Å²) in [6, 6.07) is 0. The molecule has 0 saturated heterocycles. The molecule has 10 heavy (non-hydrogen) atoms. The smallest absolute Gasteiger partial charge is 0.103 e. The fraction of sp³-hybridized carbons (Fsp3) is 0.750. The topological polar surface area (TPSA) is 3.24 Å². The van der Waals surface area contributed by atoms with Crippen molar-refractivity contribution < 1.29 is 0 Å². The van der Waals surface area contributed by atoms with Crippen molar-refractivity contribution in [1.29, 1.82) is 0 Å². The standard InChI is InChI=1S/C8H16ClN/c1-5-10(6-2)8(9)7(3)4/h5-6H2,1-4H3. The molecule has 0 bridgehead atoms. The van der Waals surface area contributed by atoms with Crippen LogP contribution in [0.5, 0.6) is 0 Å². The fourth-order valence-corrected chi connectivity index (χ4v) is 1.06. The van der Waals surface area contributed by atoms with Crippen LogP contribution in [-0.2, 0) is 0 Å². The average Bonchev–Trinajstić information content (AvgIpc) is 1.90. The molecule has 2 heteroatoms. The Bertz CT molecular complexity index is 121. The molecule has 0 saturated carbocycles. The predicted molar refractivity (Wildman–Crippen MR) is 47.1 cm³/mol. The number of halogens is 1. The van der Waals surface area contributed by atoms with Gasteiger partial charge in [0.15, 0.2) is 0 Å². The molecule has 0 rings (SSSR count). The number of allylic oxidation sites excluding steroid dienone is 1. The molecule has 0 radical (unpaired) electrons. The Kier molecular flexibility index (Phi) is 4.54. The first-order valence-electron chi connectivity index (χ1n) is 3.71. The Morgan fingerprint density at radius 2 is 1.60 bits per heavy atom. The van der Waals surface area contributed by atoms with Crippen molar-refractivity contribution in [3.63, 3.8) is 0 Å². The lowest BCUT2D eigenvalue weighted by Gasteiger charge is -2.20. The molecular weight excluding hydrogens is 146 g/mol. The molecule has 0 atom stereocenters. The van der Waals surface area contributed by atoms with Crippen LogP contribution in [0.4, 0.5) is 0 Å². The van der Waals surface area contributed by atoms with Gasteiger partial charge in [-0.25, -0.2) is 0 Å². The Morgan fingerprint density at radius 3 is 1.70 bits per heavy atom. The van der Waals surface area contributed by atoms with Gasteiger partial charge in [0.2, 0.25) is 0 Å². The van der Waals surface area contributed by atoms with Gasteiger partial charge in [0.25, 0.3) is 0 Å². The van der Waals surface area contributed by atoms with Gasteiger partial charge in [-0.2, -0.15) is 0 Å². The molecule has 0 aliphatic rings. The summed E-state index contributed by atoms with van der Waals surface area (Å²) in [4.78, 5) is 2.14. The van der Waals surface area contributed by atoms with Crippen molar-refractivity contribution in [3.8, 4) is 0 Å². The minimum absolute atomic E-state index is 0.894. The summed E-state index contributed by atoms with van der Waals surface area (Å²) in [5, 5.41) is 0.894. The van der Waals surface area contributed by atoms with Gasteiger partial charge in [0.1, 0.15) is 5.16 Å². The lowest BCUT2D eigenvalue weighted by molar-refractivity contribution is 0.403. The van der Waals surface area contributed by atoms with Gasteiger partial charge in [-0.1, -0.05) is 11.6 Å². The van der Waals surface area contributed by atoms with Crippen LogP contribution < -0.4 is 0 Å². The fourth-order valence-electron chi connectivity index (χ4n) is 0.817. The first kappa shape index (κ1) is 9.83. The quantitative estimate of drug-likeness (QED) is 0.576. The highest BCUT2D eigenvalue weighted by Gasteiger charge is 2.01. The van der Waals surface area contributed by atoms with E-state index in [-0.39, 0.29) is 0 Å². The maximum Gasteiger partial charge on any atom is 0.103 e. The zero-order valence-corrected chi connectivity index (χ0v) is 8.00. The van der Waals surface area contributed by atoms with Crippen LogP contribution in [0.15, 0.2) is 10.7 Å². The van der Waals surface area contributed by atoms with E-state index in [1.165, 1.54) is 5.57 Å². The zero-order valence-electron chi connectivity index (χ0n) is 7.24. The highest BCUT2D eigenvalue weighted by molar-refractivity contribution is 6.29. The van der Waals surface area contributed by atoms with Gasteiger partial charge >= 0.3 is 0 Å². The van der Waals surface area contributed by atoms with Gasteiger partial charge in [-0.3, -0.25) is 0 Å². The summed E-state index contributed by atoms with van der Waals surface area (Å²) in [5.41, 5.74) is 1.19. The third-order valence-electron chi connectivity index (χ3n) is 1.45. The Morgan fingerprint density at radius 1 is 1.20 bits per heavy atom. The van der Waals surface area contributed by atoms with Crippen molar-refractivity contribution >= 4 is 11.6 Å². The van der Waals surface area contributed by atoms with E-state index in [1.807, 2.05) is 13.8 Å². The first-order valence-corrected chi connectivity index (χ1v) is 4.09. The third kappa shape index (κ3) is 2.61. The van der Waals surface area contributed by atoms with Crippen LogP contribution in [0.3, 0.4) is 0 Å². The molecule has 0 aromatic carbocycles. The van der Waals surface area contributed by atoms with E-state index < -0.39 is 0 Å². The summed E-state index contributed by atoms with van der Waals surface area (Å²) in [7, 11) is 0. The molecule has 0 spiro atoms. The van der Waals surface area contributed by atoms with Crippen LogP contribution in [0, 0.1) is 0 Å². The van der Waals surface area contributed by atoms with Gasteiger partial charge in [-0.05, 0) is 33.3 Å². The van der Waals surface area contributed by atoms with Gasteiger partial charge in [-0.15, -0.1) is 0 Å². The van der Waals surface area contributed by atoms with Crippen LogP contribution in [0.2, 0.25) is 0 Å². The Hall–Kier alpha value is -0.170. The SMILES string of the molecule is CCN(CC)C(Cl)=C(C)C. The van der Waals surface area contributed by atoms with E-state index in [9.17, 15) is 0 Å². The van der Waals surface area contributed by atoms with E-state index in [0.717, 1.165) is 18.2 Å². The largest absolute Gasteiger partial charge is 0.363 e. The maximum atomic E-state index is 5.99.